The summed E-state index contributed by atoms with van der Waals surface area (Å²) in [5, 5.41) is 18.6. The average molecular weight is 222 g/mol. The molecule has 0 aliphatic carbocycles. The number of methoxy groups -OCH3 is 1. The van der Waals surface area contributed by atoms with Gasteiger partial charge in [0.25, 0.3) is 0 Å². The van der Waals surface area contributed by atoms with Crippen LogP contribution in [0.5, 0.6) is 0 Å². The standard InChI is InChI=1S/C8H14O5S/c1-4(9)14-5-3-13-8(12-2)7(11)6(5)10/h5-8,10-11H,3H2,1-2H3/t5-,6?,7?,8+/m1/s1. The highest BCUT2D eigenvalue weighted by Crippen LogP contribution is 2.25. The van der Waals surface area contributed by atoms with Crippen LogP contribution in [0.15, 0.2) is 0 Å². The van der Waals surface area contributed by atoms with Crippen LogP contribution >= 0.6 is 11.8 Å². The highest BCUT2D eigenvalue weighted by atomic mass is 32.2. The van der Waals surface area contributed by atoms with E-state index >= 15 is 0 Å². The molecule has 0 bridgehead atoms. The van der Waals surface area contributed by atoms with E-state index in [1.54, 1.807) is 0 Å². The molecule has 0 amide bonds. The molecular formula is C8H14O5S. The Morgan fingerprint density at radius 1 is 1.50 bits per heavy atom. The Labute approximate surface area is 86.4 Å². The Bertz CT molecular complexity index is 210. The van der Waals surface area contributed by atoms with Crippen LogP contribution in [0.2, 0.25) is 0 Å². The molecule has 6 heteroatoms. The monoisotopic (exact) mass is 222 g/mol. The minimum Gasteiger partial charge on any atom is -0.389 e. The van der Waals surface area contributed by atoms with Crippen LogP contribution in [-0.2, 0) is 14.3 Å². The van der Waals surface area contributed by atoms with Crippen molar-refractivity contribution in [3.8, 4) is 0 Å². The minimum atomic E-state index is -1.11. The van der Waals surface area contributed by atoms with Gasteiger partial charge >= 0.3 is 0 Å². The topological polar surface area (TPSA) is 76.0 Å². The zero-order chi connectivity index (χ0) is 10.7. The van der Waals surface area contributed by atoms with E-state index in [9.17, 15) is 15.0 Å². The molecule has 1 heterocycles. The molecule has 0 saturated carbocycles. The van der Waals surface area contributed by atoms with Gasteiger partial charge in [-0.1, -0.05) is 11.8 Å². The normalized spacial score (nSPS) is 38.3. The van der Waals surface area contributed by atoms with Crippen LogP contribution in [-0.4, -0.2) is 52.8 Å². The first kappa shape index (κ1) is 11.9. The van der Waals surface area contributed by atoms with Crippen LogP contribution in [0, 0.1) is 0 Å². The Morgan fingerprint density at radius 2 is 2.14 bits per heavy atom. The number of hydrogen-bond donors (Lipinski definition) is 2. The van der Waals surface area contributed by atoms with Gasteiger partial charge in [0.15, 0.2) is 11.4 Å². The summed E-state index contributed by atoms with van der Waals surface area (Å²) in [6, 6.07) is 0. The minimum absolute atomic E-state index is 0.110. The smallest absolute Gasteiger partial charge is 0.186 e. The summed E-state index contributed by atoms with van der Waals surface area (Å²) in [5.74, 6) is 0. The zero-order valence-corrected chi connectivity index (χ0v) is 8.86. The summed E-state index contributed by atoms with van der Waals surface area (Å²) >= 11 is 0.970. The fourth-order valence-electron chi connectivity index (χ4n) is 1.29. The number of thioether (sulfide) groups is 1. The molecule has 0 radical (unpaired) electrons. The molecule has 14 heavy (non-hydrogen) atoms. The molecule has 0 aromatic carbocycles. The molecule has 0 aromatic rings. The van der Waals surface area contributed by atoms with Gasteiger partial charge < -0.3 is 19.7 Å². The molecule has 82 valence electrons. The second kappa shape index (κ2) is 5.09. The molecule has 2 unspecified atom stereocenters. The van der Waals surface area contributed by atoms with Crippen molar-refractivity contribution in [2.24, 2.45) is 0 Å². The molecule has 1 saturated heterocycles. The zero-order valence-electron chi connectivity index (χ0n) is 8.04. The predicted molar refractivity (Wildman–Crippen MR) is 50.8 cm³/mol. The van der Waals surface area contributed by atoms with Gasteiger partial charge in [-0.05, 0) is 0 Å². The number of rotatable bonds is 2. The van der Waals surface area contributed by atoms with E-state index in [2.05, 4.69) is 0 Å². The molecule has 2 N–H and O–H groups in total. The second-order valence-electron chi connectivity index (χ2n) is 3.07. The Morgan fingerprint density at radius 3 is 2.64 bits per heavy atom. The maximum atomic E-state index is 10.8. The van der Waals surface area contributed by atoms with Crippen molar-refractivity contribution in [2.75, 3.05) is 13.7 Å². The fraction of sp³-hybridized carbons (Fsp3) is 0.875. The van der Waals surface area contributed by atoms with E-state index < -0.39 is 23.7 Å². The van der Waals surface area contributed by atoms with Crippen LogP contribution in [0.25, 0.3) is 0 Å². The van der Waals surface area contributed by atoms with Gasteiger partial charge in [0.1, 0.15) is 6.10 Å². The number of carbonyl (C=O) groups excluding carboxylic acids is 1. The van der Waals surface area contributed by atoms with Gasteiger partial charge in [0, 0.05) is 14.0 Å². The quantitative estimate of drug-likeness (QED) is 0.647. The maximum Gasteiger partial charge on any atom is 0.186 e. The lowest BCUT2D eigenvalue weighted by atomic mass is 10.1. The first-order chi connectivity index (χ1) is 6.56. The molecular weight excluding hydrogens is 208 g/mol. The van der Waals surface area contributed by atoms with Crippen molar-refractivity contribution in [3.05, 3.63) is 0 Å². The van der Waals surface area contributed by atoms with Gasteiger partial charge in [-0.2, -0.15) is 0 Å². The summed E-state index contributed by atoms with van der Waals surface area (Å²) in [6.45, 7) is 1.60. The SMILES string of the molecule is CO[C@H]1OC[C@@H](SC(C)=O)C(O)C1O. The Kier molecular flexibility index (Phi) is 4.33. The molecule has 4 atom stereocenters. The van der Waals surface area contributed by atoms with E-state index in [1.807, 2.05) is 0 Å². The van der Waals surface area contributed by atoms with E-state index in [0.717, 1.165) is 11.8 Å². The van der Waals surface area contributed by atoms with Crippen molar-refractivity contribution < 1.29 is 24.5 Å². The maximum absolute atomic E-state index is 10.8. The van der Waals surface area contributed by atoms with Crippen molar-refractivity contribution >= 4 is 16.9 Å². The lowest BCUT2D eigenvalue weighted by molar-refractivity contribution is -0.229. The summed E-state index contributed by atoms with van der Waals surface area (Å²) in [6.07, 6.45) is -2.91. The van der Waals surface area contributed by atoms with Gasteiger partial charge in [-0.15, -0.1) is 0 Å². The van der Waals surface area contributed by atoms with Crippen molar-refractivity contribution in [1.82, 2.24) is 0 Å². The Balaban J connectivity index is 2.54. The molecule has 5 nitrogen and oxygen atoms in total. The average Bonchev–Trinajstić information content (AvgIpc) is 2.13. The van der Waals surface area contributed by atoms with Crippen molar-refractivity contribution in [1.29, 1.82) is 0 Å². The van der Waals surface area contributed by atoms with Crippen LogP contribution in [0.4, 0.5) is 0 Å². The molecule has 1 aliphatic heterocycles. The number of aliphatic hydroxyl groups excluding tert-OH is 2. The number of hydrogen-bond acceptors (Lipinski definition) is 6. The molecule has 0 spiro atoms. The van der Waals surface area contributed by atoms with E-state index in [0.29, 0.717) is 0 Å². The number of carbonyl (C=O) groups is 1. The van der Waals surface area contributed by atoms with Crippen molar-refractivity contribution in [3.63, 3.8) is 0 Å². The third kappa shape index (κ3) is 2.68. The molecule has 1 rings (SSSR count). The molecule has 0 aromatic heterocycles. The molecule has 1 fully saturated rings. The summed E-state index contributed by atoms with van der Waals surface area (Å²) in [4.78, 5) is 10.8. The third-order valence-electron chi connectivity index (χ3n) is 1.98. The fourth-order valence-corrected chi connectivity index (χ4v) is 2.17. The number of aliphatic hydroxyl groups is 2. The number of ether oxygens (including phenoxy) is 2. The van der Waals surface area contributed by atoms with Gasteiger partial charge in [0.05, 0.1) is 18.0 Å². The van der Waals surface area contributed by atoms with Gasteiger partial charge in [-0.25, -0.2) is 0 Å². The Hall–Kier alpha value is -0.140. The summed E-state index contributed by atoms with van der Waals surface area (Å²) in [5.41, 5.74) is 0. The van der Waals surface area contributed by atoms with Gasteiger partial charge in [0.2, 0.25) is 0 Å². The first-order valence-corrected chi connectivity index (χ1v) is 5.12. The van der Waals surface area contributed by atoms with E-state index in [1.165, 1.54) is 14.0 Å². The van der Waals surface area contributed by atoms with E-state index in [-0.39, 0.29) is 11.7 Å². The third-order valence-corrected chi connectivity index (χ3v) is 3.03. The van der Waals surface area contributed by atoms with Crippen LogP contribution in [0.3, 0.4) is 0 Å². The highest BCUT2D eigenvalue weighted by Gasteiger charge is 2.39. The largest absolute Gasteiger partial charge is 0.389 e. The van der Waals surface area contributed by atoms with Crippen molar-refractivity contribution in [2.45, 2.75) is 30.7 Å². The second-order valence-corrected chi connectivity index (χ2v) is 4.48. The lowest BCUT2D eigenvalue weighted by Gasteiger charge is -2.35. The summed E-state index contributed by atoms with van der Waals surface area (Å²) < 4.78 is 9.92. The first-order valence-electron chi connectivity index (χ1n) is 4.24. The lowest BCUT2D eigenvalue weighted by Crippen LogP contribution is -2.52. The highest BCUT2D eigenvalue weighted by molar-refractivity contribution is 8.14. The summed E-state index contributed by atoms with van der Waals surface area (Å²) in [7, 11) is 1.39. The van der Waals surface area contributed by atoms with Crippen LogP contribution < -0.4 is 0 Å². The predicted octanol–water partition coefficient (Wildman–Crippen LogP) is -0.641. The van der Waals surface area contributed by atoms with Gasteiger partial charge in [-0.3, -0.25) is 4.79 Å². The molecule has 1 aliphatic rings. The van der Waals surface area contributed by atoms with E-state index in [4.69, 9.17) is 9.47 Å². The van der Waals surface area contributed by atoms with Crippen LogP contribution in [0.1, 0.15) is 6.92 Å².